The molecule has 6 atom stereocenters. The average Bonchev–Trinajstić information content (AvgIpc) is 3.12. The maximum absolute atomic E-state index is 13.6. The Labute approximate surface area is 191 Å². The topological polar surface area (TPSA) is 66.5 Å². The molecule has 5 nitrogen and oxygen atoms in total. The van der Waals surface area contributed by atoms with E-state index in [0.717, 1.165) is 49.9 Å². The van der Waals surface area contributed by atoms with Gasteiger partial charge < -0.3 is 5.32 Å². The number of fused-ring (bicyclic) bond motifs is 2. The standard InChI is InChI=1S/C26H32N2O3S/c1-2-20-7-3-4-9-23(20)32(30,31)28-10-6-5-8-22(28)17-27-24(29)26-15-19-11-18-12-21(16-26)25(26,13-18)14-19/h1,3-4,7,9,18-19,21-22H,5-6,8,10-17H2,(H,27,29)/t18-,19+,21?,22?,25?,26-/m0/s1. The van der Waals surface area contributed by atoms with Crippen molar-refractivity contribution in [3.05, 3.63) is 29.8 Å². The fourth-order valence-corrected chi connectivity index (χ4v) is 10.5. The van der Waals surface area contributed by atoms with Crippen LogP contribution in [0.1, 0.15) is 63.4 Å². The van der Waals surface area contributed by atoms with Gasteiger partial charge in [0.25, 0.3) is 0 Å². The van der Waals surface area contributed by atoms with Crippen LogP contribution in [-0.4, -0.2) is 37.8 Å². The van der Waals surface area contributed by atoms with Gasteiger partial charge in [0.1, 0.15) is 0 Å². The number of terminal acetylenes is 1. The molecule has 170 valence electrons. The van der Waals surface area contributed by atoms with E-state index in [1.165, 1.54) is 25.7 Å². The lowest BCUT2D eigenvalue weighted by Crippen LogP contribution is -2.61. The van der Waals surface area contributed by atoms with E-state index in [9.17, 15) is 13.2 Å². The first-order valence-corrected chi connectivity index (χ1v) is 13.7. The number of carbonyl (C=O) groups is 1. The van der Waals surface area contributed by atoms with Gasteiger partial charge in [-0.25, -0.2) is 8.42 Å². The van der Waals surface area contributed by atoms with Crippen LogP contribution in [-0.2, 0) is 14.8 Å². The van der Waals surface area contributed by atoms with Gasteiger partial charge in [-0.05, 0) is 86.7 Å². The Morgan fingerprint density at radius 2 is 1.94 bits per heavy atom. The van der Waals surface area contributed by atoms with Gasteiger partial charge in [-0.2, -0.15) is 4.31 Å². The molecule has 5 aliphatic rings. The van der Waals surface area contributed by atoms with Crippen LogP contribution in [0.4, 0.5) is 0 Å². The van der Waals surface area contributed by atoms with E-state index >= 15 is 0 Å². The van der Waals surface area contributed by atoms with Crippen LogP contribution in [0, 0.1) is 40.9 Å². The number of nitrogens with zero attached hydrogens (tertiary/aromatic N) is 1. The number of sulfonamides is 1. The number of benzene rings is 1. The number of piperidine rings is 1. The summed E-state index contributed by atoms with van der Waals surface area (Å²) >= 11 is 0. The van der Waals surface area contributed by atoms with Crippen molar-refractivity contribution in [3.63, 3.8) is 0 Å². The Morgan fingerprint density at radius 3 is 2.78 bits per heavy atom. The number of carbonyl (C=O) groups excluding carboxylic acids is 1. The Hall–Kier alpha value is -1.84. The van der Waals surface area contributed by atoms with Crippen molar-refractivity contribution in [3.8, 4) is 12.3 Å². The summed E-state index contributed by atoms with van der Waals surface area (Å²) < 4.78 is 28.6. The highest BCUT2D eigenvalue weighted by Crippen LogP contribution is 2.81. The van der Waals surface area contributed by atoms with Crippen molar-refractivity contribution >= 4 is 15.9 Å². The Bertz CT molecular complexity index is 1100. The molecule has 1 N–H and O–H groups in total. The van der Waals surface area contributed by atoms with E-state index in [1.54, 1.807) is 28.6 Å². The first kappa shape index (κ1) is 20.7. The summed E-state index contributed by atoms with van der Waals surface area (Å²) in [4.78, 5) is 13.8. The molecule has 1 spiro atoms. The zero-order chi connectivity index (χ0) is 22.1. The van der Waals surface area contributed by atoms with E-state index in [0.29, 0.717) is 18.7 Å². The second-order valence-electron chi connectivity index (χ2n) is 11.1. The normalized spacial score (nSPS) is 39.8. The van der Waals surface area contributed by atoms with Crippen molar-refractivity contribution in [1.29, 1.82) is 0 Å². The predicted molar refractivity (Wildman–Crippen MR) is 122 cm³/mol. The first-order valence-electron chi connectivity index (χ1n) is 12.3. The van der Waals surface area contributed by atoms with Gasteiger partial charge in [0.15, 0.2) is 0 Å². The van der Waals surface area contributed by atoms with Crippen molar-refractivity contribution in [2.45, 2.75) is 68.7 Å². The summed E-state index contributed by atoms with van der Waals surface area (Å²) in [5.74, 6) is 5.02. The third-order valence-electron chi connectivity index (χ3n) is 9.69. The molecule has 1 heterocycles. The highest BCUT2D eigenvalue weighted by atomic mass is 32.2. The van der Waals surface area contributed by atoms with Crippen LogP contribution in [0.15, 0.2) is 29.2 Å². The summed E-state index contributed by atoms with van der Waals surface area (Å²) in [5, 5.41) is 3.26. The molecule has 1 aromatic rings. The fourth-order valence-electron chi connectivity index (χ4n) is 8.60. The Kier molecular flexibility index (Phi) is 4.59. The largest absolute Gasteiger partial charge is 0.354 e. The quantitative estimate of drug-likeness (QED) is 0.695. The van der Waals surface area contributed by atoms with Gasteiger partial charge in [-0.15, -0.1) is 6.42 Å². The van der Waals surface area contributed by atoms with Crippen LogP contribution in [0.2, 0.25) is 0 Å². The highest BCUT2D eigenvalue weighted by molar-refractivity contribution is 7.89. The maximum Gasteiger partial charge on any atom is 0.244 e. The average molecular weight is 453 g/mol. The summed E-state index contributed by atoms with van der Waals surface area (Å²) in [6, 6.07) is 6.53. The lowest BCUT2D eigenvalue weighted by atomic mass is 9.46. The minimum atomic E-state index is -3.71. The number of amides is 1. The molecule has 0 radical (unpaired) electrons. The Balaban J connectivity index is 1.21. The molecule has 32 heavy (non-hydrogen) atoms. The van der Waals surface area contributed by atoms with Gasteiger partial charge in [0.05, 0.1) is 10.3 Å². The maximum atomic E-state index is 13.6. The van der Waals surface area contributed by atoms with E-state index < -0.39 is 10.0 Å². The lowest BCUT2D eigenvalue weighted by Gasteiger charge is -2.57. The molecule has 1 aliphatic heterocycles. The van der Waals surface area contributed by atoms with Crippen LogP contribution in [0.25, 0.3) is 0 Å². The van der Waals surface area contributed by atoms with Crippen LogP contribution in [0.3, 0.4) is 0 Å². The third kappa shape index (κ3) is 2.67. The molecule has 1 aromatic carbocycles. The Morgan fingerprint density at radius 1 is 1.12 bits per heavy atom. The summed E-state index contributed by atoms with van der Waals surface area (Å²) in [7, 11) is -3.71. The smallest absolute Gasteiger partial charge is 0.244 e. The highest BCUT2D eigenvalue weighted by Gasteiger charge is 2.76. The van der Waals surface area contributed by atoms with Crippen molar-refractivity contribution in [1.82, 2.24) is 9.62 Å². The van der Waals surface area contributed by atoms with Crippen molar-refractivity contribution in [2.75, 3.05) is 13.1 Å². The zero-order valence-corrected chi connectivity index (χ0v) is 19.4. The molecule has 0 aromatic heterocycles. The molecule has 1 saturated heterocycles. The minimum Gasteiger partial charge on any atom is -0.354 e. The molecule has 3 bridgehead atoms. The number of rotatable bonds is 5. The molecule has 6 rings (SSSR count). The van der Waals surface area contributed by atoms with Gasteiger partial charge in [0.2, 0.25) is 15.9 Å². The van der Waals surface area contributed by atoms with Crippen LogP contribution < -0.4 is 5.32 Å². The number of nitrogens with one attached hydrogen (secondary N) is 1. The SMILES string of the molecule is C#Cc1ccccc1S(=O)(=O)N1CCCCC1CNC(=O)[C@]12CC3C[C@@H]4C[C@H](CC31C4)C2. The zero-order valence-electron chi connectivity index (χ0n) is 18.6. The molecule has 5 fully saturated rings. The third-order valence-corrected chi connectivity index (χ3v) is 11.7. The summed E-state index contributed by atoms with van der Waals surface area (Å²) in [5.41, 5.74) is 0.477. The van der Waals surface area contributed by atoms with Gasteiger partial charge >= 0.3 is 0 Å². The van der Waals surface area contributed by atoms with E-state index in [-0.39, 0.29) is 27.7 Å². The van der Waals surface area contributed by atoms with Crippen molar-refractivity contribution in [2.24, 2.45) is 28.6 Å². The van der Waals surface area contributed by atoms with E-state index in [2.05, 4.69) is 11.2 Å². The van der Waals surface area contributed by atoms with Crippen LogP contribution >= 0.6 is 0 Å². The van der Waals surface area contributed by atoms with Gasteiger partial charge in [-0.1, -0.05) is 24.5 Å². The molecule has 3 unspecified atom stereocenters. The van der Waals surface area contributed by atoms with Gasteiger partial charge in [-0.3, -0.25) is 4.79 Å². The number of hydrogen-bond acceptors (Lipinski definition) is 3. The fraction of sp³-hybridized carbons (Fsp3) is 0.654. The summed E-state index contributed by atoms with van der Waals surface area (Å²) in [6.45, 7) is 0.871. The minimum absolute atomic E-state index is 0.179. The van der Waals surface area contributed by atoms with E-state index in [4.69, 9.17) is 6.42 Å². The van der Waals surface area contributed by atoms with Gasteiger partial charge in [0, 0.05) is 24.7 Å². The molecule has 6 heteroatoms. The van der Waals surface area contributed by atoms with Crippen LogP contribution in [0.5, 0.6) is 0 Å². The molecule has 4 aliphatic carbocycles. The van der Waals surface area contributed by atoms with E-state index in [1.807, 2.05) is 0 Å². The molecule has 4 saturated carbocycles. The predicted octanol–water partition coefficient (Wildman–Crippen LogP) is 3.54. The second-order valence-corrected chi connectivity index (χ2v) is 12.9. The molecular weight excluding hydrogens is 420 g/mol. The monoisotopic (exact) mass is 452 g/mol. The summed E-state index contributed by atoms with van der Waals surface area (Å²) in [6.07, 6.45) is 15.4. The lowest BCUT2D eigenvalue weighted by molar-refractivity contribution is -0.161. The first-order chi connectivity index (χ1) is 15.4. The van der Waals surface area contributed by atoms with Crippen molar-refractivity contribution < 1.29 is 13.2 Å². The second kappa shape index (κ2) is 7.08. The number of hydrogen-bond donors (Lipinski definition) is 1. The molecular formula is C26H32N2O3S. The molecule has 1 amide bonds.